The molecule has 3 nitrogen and oxygen atoms in total. The van der Waals surface area contributed by atoms with Crippen molar-refractivity contribution in [1.82, 2.24) is 4.90 Å². The van der Waals surface area contributed by atoms with Crippen molar-refractivity contribution in [3.63, 3.8) is 0 Å². The molecule has 1 aliphatic heterocycles. The maximum Gasteiger partial charge on any atom is 0.146 e. The molecular weight excluding hydrogens is 166 g/mol. The molecular formula is C10H19NO2. The molecule has 0 bridgehead atoms. The van der Waals surface area contributed by atoms with Crippen molar-refractivity contribution in [3.8, 4) is 0 Å². The van der Waals surface area contributed by atoms with Gasteiger partial charge in [0, 0.05) is 26.1 Å². The highest BCUT2D eigenvalue weighted by Gasteiger charge is 2.16. The standard InChI is InChI=1S/C10H19NO2/c1-3-10(12)8-11-5-4-6-13-9(2)7-11/h9H,3-8H2,1-2H3. The summed E-state index contributed by atoms with van der Waals surface area (Å²) in [6.07, 6.45) is 1.96. The number of ether oxygens (including phenoxy) is 1. The predicted molar refractivity (Wildman–Crippen MR) is 51.8 cm³/mol. The summed E-state index contributed by atoms with van der Waals surface area (Å²) in [5.74, 6) is 0.328. The van der Waals surface area contributed by atoms with Crippen LogP contribution in [0.15, 0.2) is 0 Å². The van der Waals surface area contributed by atoms with E-state index in [-0.39, 0.29) is 6.10 Å². The highest BCUT2D eigenvalue weighted by atomic mass is 16.5. The van der Waals surface area contributed by atoms with E-state index in [1.165, 1.54) is 0 Å². The van der Waals surface area contributed by atoms with E-state index in [0.717, 1.165) is 26.1 Å². The van der Waals surface area contributed by atoms with Crippen molar-refractivity contribution in [1.29, 1.82) is 0 Å². The van der Waals surface area contributed by atoms with Crippen LogP contribution in [0, 0.1) is 0 Å². The largest absolute Gasteiger partial charge is 0.377 e. The van der Waals surface area contributed by atoms with Crippen LogP contribution in [0.1, 0.15) is 26.7 Å². The average Bonchev–Trinajstić information content (AvgIpc) is 2.30. The summed E-state index contributed by atoms with van der Waals surface area (Å²) in [4.78, 5) is 13.4. The van der Waals surface area contributed by atoms with Gasteiger partial charge in [0.15, 0.2) is 0 Å². The van der Waals surface area contributed by atoms with E-state index < -0.39 is 0 Å². The van der Waals surface area contributed by atoms with Gasteiger partial charge in [-0.25, -0.2) is 0 Å². The summed E-state index contributed by atoms with van der Waals surface area (Å²) < 4.78 is 5.50. The molecule has 1 aliphatic rings. The van der Waals surface area contributed by atoms with Crippen molar-refractivity contribution in [2.45, 2.75) is 32.8 Å². The molecule has 3 heteroatoms. The minimum Gasteiger partial charge on any atom is -0.377 e. The fraction of sp³-hybridized carbons (Fsp3) is 0.900. The first-order valence-corrected chi connectivity index (χ1v) is 5.08. The van der Waals surface area contributed by atoms with Crippen LogP contribution in [-0.4, -0.2) is 43.0 Å². The zero-order valence-corrected chi connectivity index (χ0v) is 8.58. The Hall–Kier alpha value is -0.410. The first-order valence-electron chi connectivity index (χ1n) is 5.08. The van der Waals surface area contributed by atoms with Gasteiger partial charge in [0.2, 0.25) is 0 Å². The molecule has 76 valence electrons. The van der Waals surface area contributed by atoms with Crippen molar-refractivity contribution in [2.75, 3.05) is 26.2 Å². The predicted octanol–water partition coefficient (Wildman–Crippen LogP) is 1.08. The van der Waals surface area contributed by atoms with Gasteiger partial charge in [-0.2, -0.15) is 0 Å². The number of hydrogen-bond acceptors (Lipinski definition) is 3. The van der Waals surface area contributed by atoms with Gasteiger partial charge in [-0.1, -0.05) is 6.92 Å². The summed E-state index contributed by atoms with van der Waals surface area (Å²) in [7, 11) is 0. The number of rotatable bonds is 3. The van der Waals surface area contributed by atoms with Gasteiger partial charge in [0.25, 0.3) is 0 Å². The summed E-state index contributed by atoms with van der Waals surface area (Å²) >= 11 is 0. The molecule has 0 amide bonds. The molecule has 1 fully saturated rings. The lowest BCUT2D eigenvalue weighted by Gasteiger charge is -2.20. The SMILES string of the molecule is CCC(=O)CN1CCCOC(C)C1. The van der Waals surface area contributed by atoms with Gasteiger partial charge >= 0.3 is 0 Å². The smallest absolute Gasteiger partial charge is 0.146 e. The number of hydrogen-bond donors (Lipinski definition) is 0. The maximum absolute atomic E-state index is 11.2. The molecule has 1 rings (SSSR count). The van der Waals surface area contributed by atoms with Crippen LogP contribution in [-0.2, 0) is 9.53 Å². The number of carbonyl (C=O) groups excluding carboxylic acids is 1. The first-order chi connectivity index (χ1) is 6.22. The number of nitrogens with zero attached hydrogens (tertiary/aromatic N) is 1. The third-order valence-corrected chi connectivity index (χ3v) is 2.33. The van der Waals surface area contributed by atoms with E-state index in [1.54, 1.807) is 0 Å². The van der Waals surface area contributed by atoms with E-state index in [9.17, 15) is 4.79 Å². The number of carbonyl (C=O) groups is 1. The zero-order chi connectivity index (χ0) is 9.68. The quantitative estimate of drug-likeness (QED) is 0.659. The minimum absolute atomic E-state index is 0.271. The van der Waals surface area contributed by atoms with E-state index in [0.29, 0.717) is 18.7 Å². The molecule has 0 aromatic carbocycles. The average molecular weight is 185 g/mol. The van der Waals surface area contributed by atoms with Gasteiger partial charge in [-0.05, 0) is 13.3 Å². The van der Waals surface area contributed by atoms with E-state index in [4.69, 9.17) is 4.74 Å². The summed E-state index contributed by atoms with van der Waals surface area (Å²) in [6.45, 7) is 7.30. The monoisotopic (exact) mass is 185 g/mol. The van der Waals surface area contributed by atoms with Crippen LogP contribution in [0.3, 0.4) is 0 Å². The molecule has 0 radical (unpaired) electrons. The summed E-state index contributed by atoms with van der Waals surface area (Å²) in [5.41, 5.74) is 0. The molecule has 0 aromatic heterocycles. The van der Waals surface area contributed by atoms with Gasteiger partial charge < -0.3 is 4.74 Å². The third kappa shape index (κ3) is 3.87. The minimum atomic E-state index is 0.271. The molecule has 0 saturated carbocycles. The normalized spacial score (nSPS) is 25.5. The van der Waals surface area contributed by atoms with Crippen LogP contribution in [0.4, 0.5) is 0 Å². The van der Waals surface area contributed by atoms with Gasteiger partial charge in [-0.15, -0.1) is 0 Å². The highest BCUT2D eigenvalue weighted by Crippen LogP contribution is 2.05. The van der Waals surface area contributed by atoms with Gasteiger partial charge in [-0.3, -0.25) is 9.69 Å². The van der Waals surface area contributed by atoms with Gasteiger partial charge in [0.05, 0.1) is 12.6 Å². The van der Waals surface area contributed by atoms with Crippen molar-refractivity contribution in [2.24, 2.45) is 0 Å². The molecule has 0 aliphatic carbocycles. The van der Waals surface area contributed by atoms with Crippen LogP contribution in [0.25, 0.3) is 0 Å². The van der Waals surface area contributed by atoms with Gasteiger partial charge in [0.1, 0.15) is 5.78 Å². The third-order valence-electron chi connectivity index (χ3n) is 2.33. The Morgan fingerprint density at radius 3 is 3.08 bits per heavy atom. The first kappa shape index (κ1) is 10.7. The second-order valence-electron chi connectivity index (χ2n) is 3.66. The Morgan fingerprint density at radius 2 is 2.38 bits per heavy atom. The fourth-order valence-electron chi connectivity index (χ4n) is 1.59. The summed E-state index contributed by atoms with van der Waals surface area (Å²) in [6, 6.07) is 0. The number of ketones is 1. The van der Waals surface area contributed by atoms with Crippen LogP contribution >= 0.6 is 0 Å². The molecule has 1 saturated heterocycles. The molecule has 0 aromatic rings. The molecule has 0 spiro atoms. The Kier molecular flexibility index (Phi) is 4.39. The second-order valence-corrected chi connectivity index (χ2v) is 3.66. The molecule has 13 heavy (non-hydrogen) atoms. The van der Waals surface area contributed by atoms with Crippen LogP contribution in [0.2, 0.25) is 0 Å². The van der Waals surface area contributed by atoms with Crippen LogP contribution in [0.5, 0.6) is 0 Å². The van der Waals surface area contributed by atoms with Crippen molar-refractivity contribution >= 4 is 5.78 Å². The Morgan fingerprint density at radius 1 is 1.62 bits per heavy atom. The number of Topliss-reactive ketones (excluding diaryl/α,β-unsaturated/α-hetero) is 1. The van der Waals surface area contributed by atoms with E-state index >= 15 is 0 Å². The maximum atomic E-state index is 11.2. The summed E-state index contributed by atoms with van der Waals surface area (Å²) in [5, 5.41) is 0. The zero-order valence-electron chi connectivity index (χ0n) is 8.58. The van der Waals surface area contributed by atoms with E-state index in [2.05, 4.69) is 11.8 Å². The molecule has 1 unspecified atom stereocenters. The molecule has 0 N–H and O–H groups in total. The fourth-order valence-corrected chi connectivity index (χ4v) is 1.59. The molecule has 1 heterocycles. The Labute approximate surface area is 80.1 Å². The topological polar surface area (TPSA) is 29.5 Å². The lowest BCUT2D eigenvalue weighted by atomic mass is 10.2. The van der Waals surface area contributed by atoms with Crippen LogP contribution < -0.4 is 0 Å². The molecule has 1 atom stereocenters. The second kappa shape index (κ2) is 5.35. The van der Waals surface area contributed by atoms with E-state index in [1.807, 2.05) is 6.92 Å². The van der Waals surface area contributed by atoms with Crippen molar-refractivity contribution < 1.29 is 9.53 Å². The lowest BCUT2D eigenvalue weighted by Crippen LogP contribution is -2.34. The lowest BCUT2D eigenvalue weighted by molar-refractivity contribution is -0.120. The Balaban J connectivity index is 2.34. The van der Waals surface area contributed by atoms with Crippen molar-refractivity contribution in [3.05, 3.63) is 0 Å². The highest BCUT2D eigenvalue weighted by molar-refractivity contribution is 5.80. The Bertz CT molecular complexity index is 170.